The third-order valence-corrected chi connectivity index (χ3v) is 17.4. The van der Waals surface area contributed by atoms with Gasteiger partial charge < -0.3 is 65.1 Å². The highest BCUT2D eigenvalue weighted by Gasteiger charge is 2.51. The molecule has 490 valence electrons. The van der Waals surface area contributed by atoms with Gasteiger partial charge in [-0.1, -0.05) is 289 Å². The third-order valence-electron chi connectivity index (χ3n) is 17.4. The lowest BCUT2D eigenvalue weighted by Crippen LogP contribution is -2.65. The standard InChI is InChI=1S/C69H131NO13/c1-3-5-7-9-11-13-15-16-17-18-19-20-21-22-23-24-25-26-27-28-29-30-31-32-33-34-35-36-37-38-39-40-41-42-43-45-47-49-51-53-61(74)70-57(58(73)52-50-48-46-44-14-12-10-8-6-4-2)56-80-68-66(79)64(77)67(60(55-72)82-68)83-69-65(78)63(76)62(75)59(54-71)81-69/h15-16,18-19,57-60,62-69,71-73,75-79H,3-14,17,20-56H2,1-2H3,(H,70,74)/b16-15-,19-18-. The Bertz CT molecular complexity index is 1490. The van der Waals surface area contributed by atoms with Gasteiger partial charge in [0.05, 0.1) is 32.0 Å². The van der Waals surface area contributed by atoms with E-state index in [1.165, 1.54) is 231 Å². The summed E-state index contributed by atoms with van der Waals surface area (Å²) in [4.78, 5) is 13.3. The molecule has 0 aromatic rings. The van der Waals surface area contributed by atoms with Crippen LogP contribution in [0, 0.1) is 0 Å². The molecular formula is C69H131NO13. The smallest absolute Gasteiger partial charge is 0.220 e. The van der Waals surface area contributed by atoms with Gasteiger partial charge in [-0.3, -0.25) is 4.79 Å². The fraction of sp³-hybridized carbons (Fsp3) is 0.928. The minimum absolute atomic E-state index is 0.202. The zero-order valence-electron chi connectivity index (χ0n) is 53.2. The van der Waals surface area contributed by atoms with E-state index in [1.807, 2.05) is 0 Å². The van der Waals surface area contributed by atoms with E-state index >= 15 is 0 Å². The molecule has 0 radical (unpaired) electrons. The number of hydrogen-bond acceptors (Lipinski definition) is 13. The SMILES string of the molecule is CCCCCCC/C=C\C/C=C\CCCCCCCCCCCCCCCCCCCCCCCCCCCCCC(=O)NC(COC1OC(CO)C(OC2OC(CO)C(O)C(O)C2O)C(O)C1O)C(O)CCCCCCCCCCCC. The number of aliphatic hydroxyl groups excluding tert-OH is 8. The fourth-order valence-corrected chi connectivity index (χ4v) is 11.8. The Morgan fingerprint density at radius 1 is 0.434 bits per heavy atom. The molecule has 2 rings (SSSR count). The molecule has 12 atom stereocenters. The number of hydrogen-bond donors (Lipinski definition) is 9. The number of carbonyl (C=O) groups is 1. The van der Waals surface area contributed by atoms with Crippen molar-refractivity contribution in [1.82, 2.24) is 5.32 Å². The molecule has 83 heavy (non-hydrogen) atoms. The van der Waals surface area contributed by atoms with Gasteiger partial charge in [-0.2, -0.15) is 0 Å². The summed E-state index contributed by atoms with van der Waals surface area (Å²) < 4.78 is 22.8. The Hall–Kier alpha value is -1.53. The largest absolute Gasteiger partial charge is 0.394 e. The Labute approximate surface area is 507 Å². The van der Waals surface area contributed by atoms with E-state index in [1.54, 1.807) is 0 Å². The summed E-state index contributed by atoms with van der Waals surface area (Å²) in [6.07, 6.45) is 51.0. The van der Waals surface area contributed by atoms with Gasteiger partial charge in [0.15, 0.2) is 12.6 Å². The van der Waals surface area contributed by atoms with Crippen LogP contribution in [0.15, 0.2) is 24.3 Å². The molecule has 2 heterocycles. The molecular weight excluding hydrogens is 1050 g/mol. The normalized spacial score (nSPS) is 23.9. The van der Waals surface area contributed by atoms with Crippen molar-refractivity contribution in [2.24, 2.45) is 0 Å². The molecule has 0 bridgehead atoms. The van der Waals surface area contributed by atoms with E-state index < -0.39 is 86.8 Å². The Kier molecular flexibility index (Phi) is 51.0. The van der Waals surface area contributed by atoms with E-state index in [-0.39, 0.29) is 12.5 Å². The minimum atomic E-state index is -1.78. The summed E-state index contributed by atoms with van der Waals surface area (Å²) >= 11 is 0. The minimum Gasteiger partial charge on any atom is -0.394 e. The quantitative estimate of drug-likeness (QED) is 0.0204. The molecule has 2 aliphatic heterocycles. The highest BCUT2D eigenvalue weighted by Crippen LogP contribution is 2.30. The maximum atomic E-state index is 13.3. The molecule has 9 N–H and O–H groups in total. The van der Waals surface area contributed by atoms with Crippen LogP contribution in [0.2, 0.25) is 0 Å². The average molecular weight is 1180 g/mol. The Morgan fingerprint density at radius 3 is 1.20 bits per heavy atom. The molecule has 14 nitrogen and oxygen atoms in total. The number of ether oxygens (including phenoxy) is 4. The predicted molar refractivity (Wildman–Crippen MR) is 337 cm³/mol. The van der Waals surface area contributed by atoms with Crippen LogP contribution in [-0.4, -0.2) is 140 Å². The van der Waals surface area contributed by atoms with Gasteiger partial charge >= 0.3 is 0 Å². The summed E-state index contributed by atoms with van der Waals surface area (Å²) in [6, 6.07) is -0.824. The first-order valence-electron chi connectivity index (χ1n) is 35.1. The van der Waals surface area contributed by atoms with E-state index in [9.17, 15) is 45.6 Å². The van der Waals surface area contributed by atoms with Crippen molar-refractivity contribution in [2.75, 3.05) is 19.8 Å². The number of amides is 1. The fourth-order valence-electron chi connectivity index (χ4n) is 11.8. The maximum Gasteiger partial charge on any atom is 0.220 e. The van der Waals surface area contributed by atoms with Gasteiger partial charge in [0.1, 0.15) is 48.8 Å². The van der Waals surface area contributed by atoms with Gasteiger partial charge in [-0.15, -0.1) is 0 Å². The van der Waals surface area contributed by atoms with Gasteiger partial charge in [-0.05, 0) is 44.9 Å². The van der Waals surface area contributed by atoms with Gasteiger partial charge in [-0.25, -0.2) is 0 Å². The van der Waals surface area contributed by atoms with E-state index in [4.69, 9.17) is 18.9 Å². The lowest BCUT2D eigenvalue weighted by atomic mass is 9.97. The average Bonchev–Trinajstić information content (AvgIpc) is 3.47. The highest BCUT2D eigenvalue weighted by atomic mass is 16.7. The van der Waals surface area contributed by atoms with Crippen LogP contribution in [0.3, 0.4) is 0 Å². The van der Waals surface area contributed by atoms with Crippen molar-refractivity contribution in [3.05, 3.63) is 24.3 Å². The number of nitrogens with one attached hydrogen (secondary N) is 1. The number of carbonyl (C=O) groups excluding carboxylic acids is 1. The number of allylic oxidation sites excluding steroid dienone is 4. The first-order valence-corrected chi connectivity index (χ1v) is 35.1. The molecule has 0 aromatic heterocycles. The van der Waals surface area contributed by atoms with Crippen molar-refractivity contribution in [3.63, 3.8) is 0 Å². The Morgan fingerprint density at radius 2 is 0.795 bits per heavy atom. The molecule has 0 aromatic carbocycles. The molecule has 0 spiro atoms. The lowest BCUT2D eigenvalue weighted by Gasteiger charge is -2.46. The Balaban J connectivity index is 1.51. The van der Waals surface area contributed by atoms with Gasteiger partial charge in [0.25, 0.3) is 0 Å². The molecule has 2 aliphatic rings. The van der Waals surface area contributed by atoms with E-state index in [0.29, 0.717) is 12.8 Å². The molecule has 0 aliphatic carbocycles. The van der Waals surface area contributed by atoms with Gasteiger partial charge in [0.2, 0.25) is 5.91 Å². The van der Waals surface area contributed by atoms with Crippen LogP contribution >= 0.6 is 0 Å². The van der Waals surface area contributed by atoms with Gasteiger partial charge in [0, 0.05) is 6.42 Å². The number of rotatable bonds is 58. The number of aliphatic hydroxyl groups is 8. The lowest BCUT2D eigenvalue weighted by molar-refractivity contribution is -0.359. The number of unbranched alkanes of at least 4 members (excludes halogenated alkanes) is 41. The van der Waals surface area contributed by atoms with Crippen molar-refractivity contribution < 1.29 is 64.6 Å². The third kappa shape index (κ3) is 39.2. The van der Waals surface area contributed by atoms with Crippen LogP contribution < -0.4 is 5.32 Å². The molecule has 1 amide bonds. The van der Waals surface area contributed by atoms with Crippen molar-refractivity contribution in [2.45, 2.75) is 389 Å². The van der Waals surface area contributed by atoms with Crippen molar-refractivity contribution in [3.8, 4) is 0 Å². The van der Waals surface area contributed by atoms with Crippen molar-refractivity contribution >= 4 is 5.91 Å². The molecule has 0 saturated carbocycles. The van der Waals surface area contributed by atoms with E-state index in [2.05, 4.69) is 43.5 Å². The maximum absolute atomic E-state index is 13.3. The van der Waals surface area contributed by atoms with Crippen LogP contribution in [0.4, 0.5) is 0 Å². The second-order valence-corrected chi connectivity index (χ2v) is 25.0. The predicted octanol–water partition coefficient (Wildman–Crippen LogP) is 14.0. The van der Waals surface area contributed by atoms with E-state index in [0.717, 1.165) is 57.8 Å². The summed E-state index contributed by atoms with van der Waals surface area (Å²) in [7, 11) is 0. The van der Waals surface area contributed by atoms with Crippen LogP contribution in [0.1, 0.15) is 316 Å². The van der Waals surface area contributed by atoms with Crippen molar-refractivity contribution in [1.29, 1.82) is 0 Å². The monoisotopic (exact) mass is 1180 g/mol. The molecule has 2 saturated heterocycles. The summed E-state index contributed by atoms with van der Waals surface area (Å²) in [5.41, 5.74) is 0. The zero-order chi connectivity index (χ0) is 60.2. The summed E-state index contributed by atoms with van der Waals surface area (Å²) in [6.45, 7) is 2.86. The first kappa shape index (κ1) is 77.6. The summed E-state index contributed by atoms with van der Waals surface area (Å²) in [5, 5.41) is 87.2. The molecule has 2 fully saturated rings. The zero-order valence-corrected chi connectivity index (χ0v) is 53.2. The van der Waals surface area contributed by atoms with Crippen LogP contribution in [0.25, 0.3) is 0 Å². The van der Waals surface area contributed by atoms with Crippen LogP contribution in [0.5, 0.6) is 0 Å². The molecule has 14 heteroatoms. The first-order chi connectivity index (χ1) is 40.6. The second kappa shape index (κ2) is 54.6. The highest BCUT2D eigenvalue weighted by molar-refractivity contribution is 5.76. The molecule has 12 unspecified atom stereocenters. The topological polar surface area (TPSA) is 228 Å². The second-order valence-electron chi connectivity index (χ2n) is 25.0. The van der Waals surface area contributed by atoms with Crippen LogP contribution in [-0.2, 0) is 23.7 Å². The summed E-state index contributed by atoms with van der Waals surface area (Å²) in [5.74, 6) is -0.202.